The largest absolute Gasteiger partial charge is 0.371 e. The molecular weight excluding hydrogens is 386 g/mol. The quantitative estimate of drug-likeness (QED) is 0.496. The van der Waals surface area contributed by atoms with Gasteiger partial charge in [-0.15, -0.1) is 11.8 Å². The van der Waals surface area contributed by atoms with Crippen molar-refractivity contribution in [2.24, 2.45) is 5.92 Å². The van der Waals surface area contributed by atoms with E-state index in [0.29, 0.717) is 0 Å². The summed E-state index contributed by atoms with van der Waals surface area (Å²) in [5.41, 5.74) is 2.83. The fourth-order valence-electron chi connectivity index (χ4n) is 3.48. The summed E-state index contributed by atoms with van der Waals surface area (Å²) in [6, 6.07) is 24.0. The summed E-state index contributed by atoms with van der Waals surface area (Å²) in [5.74, 6) is 2.88. The lowest BCUT2D eigenvalue weighted by Gasteiger charge is -2.24. The van der Waals surface area contributed by atoms with E-state index >= 15 is 0 Å². The van der Waals surface area contributed by atoms with Crippen LogP contribution in [0.5, 0.6) is 0 Å². The summed E-state index contributed by atoms with van der Waals surface area (Å²) in [5, 5.41) is 6.03. The van der Waals surface area contributed by atoms with Crippen LogP contribution in [0.4, 0.5) is 0 Å². The predicted molar refractivity (Wildman–Crippen MR) is 125 cm³/mol. The Balaban J connectivity index is 1.21. The minimum absolute atomic E-state index is 0.741. The van der Waals surface area contributed by atoms with Gasteiger partial charge in [-0.25, -0.2) is 0 Å². The first-order chi connectivity index (χ1) is 13.3. The van der Waals surface area contributed by atoms with Crippen molar-refractivity contribution >= 4 is 50.8 Å². The molecule has 0 spiro atoms. The van der Waals surface area contributed by atoms with Crippen LogP contribution >= 0.6 is 35.7 Å². The molecule has 0 fully saturated rings. The Hall–Kier alpha value is -1.49. The Bertz CT molecular complexity index is 938. The molecule has 3 aromatic carbocycles. The van der Waals surface area contributed by atoms with E-state index in [1.54, 1.807) is 11.8 Å². The topological polar surface area (TPSA) is 12.0 Å². The second kappa shape index (κ2) is 9.13. The lowest BCUT2D eigenvalue weighted by Crippen LogP contribution is -2.24. The van der Waals surface area contributed by atoms with Gasteiger partial charge in [-0.1, -0.05) is 84.6 Å². The normalized spacial score (nSPS) is 16.1. The highest BCUT2D eigenvalue weighted by Crippen LogP contribution is 2.33. The van der Waals surface area contributed by atoms with Crippen LogP contribution in [-0.2, 0) is 12.2 Å². The van der Waals surface area contributed by atoms with E-state index in [2.05, 4.69) is 72.0 Å². The zero-order valence-electron chi connectivity index (χ0n) is 15.2. The number of nitrogens with one attached hydrogen (secondary N) is 1. The number of benzene rings is 3. The molecular formula is C23H23NS3. The Labute approximate surface area is 175 Å². The molecule has 0 bridgehead atoms. The van der Waals surface area contributed by atoms with Crippen molar-refractivity contribution in [3.63, 3.8) is 0 Å². The van der Waals surface area contributed by atoms with Gasteiger partial charge in [0.15, 0.2) is 0 Å². The third-order valence-corrected chi connectivity index (χ3v) is 7.69. The number of thiocarbonyl (C=S) groups is 1. The van der Waals surface area contributed by atoms with Crippen molar-refractivity contribution in [1.29, 1.82) is 0 Å². The molecule has 1 nitrogen and oxygen atoms in total. The maximum absolute atomic E-state index is 5.53. The van der Waals surface area contributed by atoms with Gasteiger partial charge in [0.05, 0.1) is 0 Å². The fourth-order valence-corrected chi connectivity index (χ4v) is 5.65. The lowest BCUT2D eigenvalue weighted by molar-refractivity contribution is 0.526. The fraction of sp³-hybridized carbons (Fsp3) is 0.261. The lowest BCUT2D eigenvalue weighted by atomic mass is 9.97. The molecule has 138 valence electrons. The monoisotopic (exact) mass is 409 g/mol. The molecule has 0 aliphatic carbocycles. The van der Waals surface area contributed by atoms with Crippen molar-refractivity contribution in [3.8, 4) is 0 Å². The van der Waals surface area contributed by atoms with Crippen LogP contribution in [0.3, 0.4) is 0 Å². The van der Waals surface area contributed by atoms with E-state index in [4.69, 9.17) is 12.2 Å². The van der Waals surface area contributed by atoms with Crippen LogP contribution in [0.25, 0.3) is 10.8 Å². The summed E-state index contributed by atoms with van der Waals surface area (Å²) in [4.78, 5) is 1.46. The Morgan fingerprint density at radius 2 is 1.85 bits per heavy atom. The predicted octanol–water partition coefficient (Wildman–Crippen LogP) is 6.30. The summed E-state index contributed by atoms with van der Waals surface area (Å²) < 4.78 is 0.909. The summed E-state index contributed by atoms with van der Waals surface area (Å²) in [6.07, 6.45) is 2.37. The van der Waals surface area contributed by atoms with E-state index in [1.807, 2.05) is 11.8 Å². The number of thioether (sulfide) groups is 2. The molecule has 0 amide bonds. The van der Waals surface area contributed by atoms with Crippen LogP contribution in [0.15, 0.2) is 71.6 Å². The molecule has 1 atom stereocenters. The Morgan fingerprint density at radius 1 is 1.04 bits per heavy atom. The molecule has 1 unspecified atom stereocenters. The number of hydrogen-bond acceptors (Lipinski definition) is 3. The van der Waals surface area contributed by atoms with Gasteiger partial charge in [0.25, 0.3) is 0 Å². The molecule has 4 heteroatoms. The van der Waals surface area contributed by atoms with E-state index in [0.717, 1.165) is 22.5 Å². The molecule has 1 aliphatic rings. The maximum Gasteiger partial charge on any atom is 0.134 e. The maximum atomic E-state index is 5.53. The molecule has 0 aromatic heterocycles. The number of rotatable bonds is 5. The second-order valence-electron chi connectivity index (χ2n) is 6.96. The van der Waals surface area contributed by atoms with Crippen molar-refractivity contribution < 1.29 is 0 Å². The highest BCUT2D eigenvalue weighted by molar-refractivity contribution is 8.22. The van der Waals surface area contributed by atoms with Crippen LogP contribution in [-0.4, -0.2) is 16.6 Å². The Morgan fingerprint density at radius 3 is 2.78 bits per heavy atom. The van der Waals surface area contributed by atoms with Crippen LogP contribution in [0.1, 0.15) is 17.5 Å². The molecule has 0 saturated carbocycles. The number of hydrogen-bond donors (Lipinski definition) is 1. The first-order valence-electron chi connectivity index (χ1n) is 9.37. The van der Waals surface area contributed by atoms with Gasteiger partial charge >= 0.3 is 0 Å². The first kappa shape index (κ1) is 18.9. The average molecular weight is 410 g/mol. The van der Waals surface area contributed by atoms with Crippen molar-refractivity contribution in [2.75, 3.05) is 12.3 Å². The molecule has 0 saturated heterocycles. The molecule has 0 radical (unpaired) electrons. The summed E-state index contributed by atoms with van der Waals surface area (Å²) in [6.45, 7) is 0.969. The molecule has 4 rings (SSSR count). The van der Waals surface area contributed by atoms with E-state index in [9.17, 15) is 0 Å². The smallest absolute Gasteiger partial charge is 0.134 e. The van der Waals surface area contributed by atoms with Gasteiger partial charge < -0.3 is 5.32 Å². The van der Waals surface area contributed by atoms with Crippen molar-refractivity contribution in [2.45, 2.75) is 23.5 Å². The van der Waals surface area contributed by atoms with E-state index in [1.165, 1.54) is 45.4 Å². The van der Waals surface area contributed by atoms with Crippen LogP contribution in [0, 0.1) is 5.92 Å². The zero-order chi connectivity index (χ0) is 18.5. The minimum atomic E-state index is 0.741. The Kier molecular flexibility index (Phi) is 6.38. The third kappa shape index (κ3) is 5.07. The van der Waals surface area contributed by atoms with Crippen molar-refractivity contribution in [1.82, 2.24) is 5.32 Å². The highest BCUT2D eigenvalue weighted by Gasteiger charge is 2.18. The van der Waals surface area contributed by atoms with Gasteiger partial charge in [-0.05, 0) is 46.7 Å². The summed E-state index contributed by atoms with van der Waals surface area (Å²) >= 11 is 9.25. The highest BCUT2D eigenvalue weighted by atomic mass is 32.2. The molecule has 27 heavy (non-hydrogen) atoms. The van der Waals surface area contributed by atoms with E-state index in [-0.39, 0.29) is 0 Å². The summed E-state index contributed by atoms with van der Waals surface area (Å²) in [7, 11) is 0. The molecule has 1 heterocycles. The van der Waals surface area contributed by atoms with Gasteiger partial charge in [0.1, 0.15) is 4.32 Å². The van der Waals surface area contributed by atoms with Gasteiger partial charge in [-0.3, -0.25) is 0 Å². The van der Waals surface area contributed by atoms with Gasteiger partial charge in [0, 0.05) is 22.9 Å². The van der Waals surface area contributed by atoms with E-state index < -0.39 is 0 Å². The van der Waals surface area contributed by atoms with Gasteiger partial charge in [0.2, 0.25) is 0 Å². The molecule has 1 aliphatic heterocycles. The molecule has 1 N–H and O–H groups in total. The van der Waals surface area contributed by atoms with Crippen LogP contribution < -0.4 is 5.32 Å². The standard InChI is InChI=1S/C23H23NS3/c25-23(27-16-17-9-10-19-5-1-2-6-20(19)13-17)24-12-11-18-14-21-7-3-4-8-22(21)26-15-18/h1-10,13,18H,11-12,14-16H2,(H,24,25). The van der Waals surface area contributed by atoms with Crippen LogP contribution in [0.2, 0.25) is 0 Å². The SMILES string of the molecule is S=C(NCCC1CSc2ccccc2C1)SCc1ccc2ccccc2c1. The minimum Gasteiger partial charge on any atom is -0.371 e. The second-order valence-corrected chi connectivity index (χ2v) is 9.68. The molecule has 3 aromatic rings. The van der Waals surface area contributed by atoms with Crippen molar-refractivity contribution in [3.05, 3.63) is 77.9 Å². The van der Waals surface area contributed by atoms with Gasteiger partial charge in [-0.2, -0.15) is 0 Å². The number of fused-ring (bicyclic) bond motifs is 2. The average Bonchev–Trinajstić information content (AvgIpc) is 2.72. The zero-order valence-corrected chi connectivity index (χ0v) is 17.6. The third-order valence-electron chi connectivity index (χ3n) is 4.96. The first-order valence-corrected chi connectivity index (χ1v) is 11.7.